The fourth-order valence-electron chi connectivity index (χ4n) is 4.16. The Balaban J connectivity index is 1.30. The number of piperidine rings is 1. The largest absolute Gasteiger partial charge is 0.491 e. The van der Waals surface area contributed by atoms with Crippen molar-refractivity contribution in [2.45, 2.75) is 18.9 Å². The van der Waals surface area contributed by atoms with Crippen LogP contribution in [0.3, 0.4) is 0 Å². The quantitative estimate of drug-likeness (QED) is 0.138. The summed E-state index contributed by atoms with van der Waals surface area (Å²) in [5, 5.41) is 8.43. The van der Waals surface area contributed by atoms with Crippen LogP contribution in [0.1, 0.15) is 33.6 Å². The maximum Gasteiger partial charge on any atom is 0.257 e. The van der Waals surface area contributed by atoms with Crippen LogP contribution >= 0.6 is 0 Å². The van der Waals surface area contributed by atoms with Crippen molar-refractivity contribution in [1.29, 1.82) is 0 Å². The number of carbonyl (C=O) groups excluding carboxylic acids is 4. The van der Waals surface area contributed by atoms with Crippen LogP contribution in [0.4, 0.5) is 11.4 Å². The van der Waals surface area contributed by atoms with E-state index in [4.69, 9.17) is 18.9 Å². The van der Waals surface area contributed by atoms with Crippen molar-refractivity contribution in [3.05, 3.63) is 53.6 Å². The van der Waals surface area contributed by atoms with Crippen molar-refractivity contribution < 1.29 is 38.1 Å². The van der Waals surface area contributed by atoms with Gasteiger partial charge in [0.15, 0.2) is 6.29 Å². The van der Waals surface area contributed by atoms with Gasteiger partial charge >= 0.3 is 0 Å². The molecule has 0 saturated carbocycles. The maximum atomic E-state index is 13.3. The third-order valence-electron chi connectivity index (χ3n) is 6.38. The first-order valence-electron chi connectivity index (χ1n) is 13.5. The number of anilines is 2. The molecule has 1 unspecified atom stereocenters. The minimum absolute atomic E-state index is 0.143. The summed E-state index contributed by atoms with van der Waals surface area (Å²) in [5.41, 5.74) is 1.84. The van der Waals surface area contributed by atoms with E-state index in [0.29, 0.717) is 64.8 Å². The maximum absolute atomic E-state index is 13.3. The summed E-state index contributed by atoms with van der Waals surface area (Å²) >= 11 is 0. The van der Waals surface area contributed by atoms with E-state index in [0.717, 1.165) is 11.4 Å². The highest BCUT2D eigenvalue weighted by Crippen LogP contribution is 2.23. The van der Waals surface area contributed by atoms with E-state index < -0.39 is 17.9 Å². The zero-order chi connectivity index (χ0) is 29.5. The molecule has 1 heterocycles. The SMILES string of the molecule is CNc1ccc(OCCOCCOCCOCCNc2cccc(C=O)c2C(=O)N(C)C2CCC(=O)NC2=O)cc1. The Hall–Kier alpha value is -4.00. The van der Waals surface area contributed by atoms with Gasteiger partial charge in [0, 0.05) is 44.0 Å². The monoisotopic (exact) mass is 570 g/mol. The Morgan fingerprint density at radius 2 is 1.63 bits per heavy atom. The number of carbonyl (C=O) groups is 4. The van der Waals surface area contributed by atoms with Gasteiger partial charge in [-0.1, -0.05) is 12.1 Å². The standard InChI is InChI=1S/C29H38N4O8/c1-30-22-6-8-23(9-7-22)41-19-18-40-17-16-39-15-14-38-13-12-31-24-5-3-4-21(20-34)27(24)29(37)33(2)25-10-11-26(35)32-28(25)36/h3-9,20,25,30-31H,10-19H2,1-2H3,(H,32,35,36). The van der Waals surface area contributed by atoms with Crippen LogP contribution in [0, 0.1) is 0 Å². The number of nitrogens with one attached hydrogen (secondary N) is 3. The van der Waals surface area contributed by atoms with Gasteiger partial charge in [0.25, 0.3) is 5.91 Å². The number of hydrogen-bond acceptors (Lipinski definition) is 10. The number of amides is 3. The second kappa shape index (κ2) is 17.0. The summed E-state index contributed by atoms with van der Waals surface area (Å²) in [6.45, 7) is 3.29. The van der Waals surface area contributed by atoms with Crippen LogP contribution in [-0.2, 0) is 23.8 Å². The predicted molar refractivity (Wildman–Crippen MR) is 153 cm³/mol. The highest BCUT2D eigenvalue weighted by Gasteiger charge is 2.34. The van der Waals surface area contributed by atoms with Gasteiger partial charge in [0.05, 0.1) is 45.2 Å². The van der Waals surface area contributed by atoms with Gasteiger partial charge in [-0.25, -0.2) is 0 Å². The molecular formula is C29H38N4O8. The molecule has 1 aliphatic rings. The molecule has 0 bridgehead atoms. The topological polar surface area (TPSA) is 145 Å². The predicted octanol–water partition coefficient (Wildman–Crippen LogP) is 1.96. The van der Waals surface area contributed by atoms with E-state index in [2.05, 4.69) is 16.0 Å². The highest BCUT2D eigenvalue weighted by atomic mass is 16.6. The van der Waals surface area contributed by atoms with Crippen LogP contribution in [0.2, 0.25) is 0 Å². The molecule has 2 aromatic rings. The first-order valence-corrected chi connectivity index (χ1v) is 13.5. The molecule has 1 saturated heterocycles. The minimum atomic E-state index is -0.795. The molecular weight excluding hydrogens is 532 g/mol. The fourth-order valence-corrected chi connectivity index (χ4v) is 4.16. The Kier molecular flexibility index (Phi) is 13.0. The fraction of sp³-hybridized carbons (Fsp3) is 0.448. The van der Waals surface area contributed by atoms with Crippen molar-refractivity contribution in [2.75, 3.05) is 77.5 Å². The first-order chi connectivity index (χ1) is 19.9. The molecule has 222 valence electrons. The molecule has 0 aromatic heterocycles. The Morgan fingerprint density at radius 1 is 0.976 bits per heavy atom. The van der Waals surface area contributed by atoms with E-state index in [9.17, 15) is 19.2 Å². The zero-order valence-electron chi connectivity index (χ0n) is 23.5. The number of aldehydes is 1. The number of nitrogens with zero attached hydrogens (tertiary/aromatic N) is 1. The number of imide groups is 1. The van der Waals surface area contributed by atoms with Crippen LogP contribution in [0.15, 0.2) is 42.5 Å². The van der Waals surface area contributed by atoms with E-state index in [1.165, 1.54) is 18.0 Å². The van der Waals surface area contributed by atoms with E-state index in [-0.39, 0.29) is 29.9 Å². The smallest absolute Gasteiger partial charge is 0.257 e. The summed E-state index contributed by atoms with van der Waals surface area (Å²) in [7, 11) is 3.35. The molecule has 41 heavy (non-hydrogen) atoms. The zero-order valence-corrected chi connectivity index (χ0v) is 23.5. The number of rotatable bonds is 18. The molecule has 0 radical (unpaired) electrons. The number of benzene rings is 2. The van der Waals surface area contributed by atoms with Crippen molar-refractivity contribution >= 4 is 35.4 Å². The molecule has 12 heteroatoms. The lowest BCUT2D eigenvalue weighted by Crippen LogP contribution is -2.53. The van der Waals surface area contributed by atoms with E-state index >= 15 is 0 Å². The summed E-state index contributed by atoms with van der Waals surface area (Å²) in [4.78, 5) is 49.9. The van der Waals surface area contributed by atoms with Gasteiger partial charge in [-0.3, -0.25) is 24.5 Å². The number of likely N-dealkylation sites (N-methyl/N-ethyl adjacent to an activating group) is 1. The lowest BCUT2D eigenvalue weighted by molar-refractivity contribution is -0.136. The van der Waals surface area contributed by atoms with Gasteiger partial charge in [0.1, 0.15) is 18.4 Å². The Morgan fingerprint density at radius 3 is 2.27 bits per heavy atom. The second-order valence-electron chi connectivity index (χ2n) is 9.16. The average Bonchev–Trinajstić information content (AvgIpc) is 2.98. The third kappa shape index (κ3) is 9.85. The van der Waals surface area contributed by atoms with Crippen molar-refractivity contribution in [3.8, 4) is 5.75 Å². The molecule has 0 aliphatic carbocycles. The number of ether oxygens (including phenoxy) is 4. The molecule has 3 amide bonds. The molecule has 12 nitrogen and oxygen atoms in total. The molecule has 3 N–H and O–H groups in total. The van der Waals surface area contributed by atoms with Crippen molar-refractivity contribution in [3.63, 3.8) is 0 Å². The van der Waals surface area contributed by atoms with Gasteiger partial charge in [-0.2, -0.15) is 0 Å². The summed E-state index contributed by atoms with van der Waals surface area (Å²) in [6, 6.07) is 11.8. The van der Waals surface area contributed by atoms with Crippen LogP contribution in [0.5, 0.6) is 5.75 Å². The number of hydrogen-bond donors (Lipinski definition) is 3. The first kappa shape index (κ1) is 31.5. The highest BCUT2D eigenvalue weighted by molar-refractivity contribution is 6.08. The van der Waals surface area contributed by atoms with Crippen LogP contribution in [0.25, 0.3) is 0 Å². The van der Waals surface area contributed by atoms with Crippen molar-refractivity contribution in [1.82, 2.24) is 10.2 Å². The lowest BCUT2D eigenvalue weighted by Gasteiger charge is -2.30. The van der Waals surface area contributed by atoms with Crippen molar-refractivity contribution in [2.24, 2.45) is 0 Å². The van der Waals surface area contributed by atoms with E-state index in [1.54, 1.807) is 12.1 Å². The van der Waals surface area contributed by atoms with Gasteiger partial charge in [-0.05, 0) is 36.8 Å². The minimum Gasteiger partial charge on any atom is -0.491 e. The summed E-state index contributed by atoms with van der Waals surface area (Å²) < 4.78 is 22.2. The molecule has 1 fully saturated rings. The molecule has 1 aliphatic heterocycles. The van der Waals surface area contributed by atoms with Gasteiger partial charge in [0.2, 0.25) is 11.8 Å². The summed E-state index contributed by atoms with van der Waals surface area (Å²) in [6.07, 6.45) is 0.969. The molecule has 3 rings (SSSR count). The Bertz CT molecular complexity index is 1160. The molecule has 2 aromatic carbocycles. The van der Waals surface area contributed by atoms with Crippen LogP contribution in [-0.4, -0.2) is 102 Å². The van der Waals surface area contributed by atoms with E-state index in [1.807, 2.05) is 31.3 Å². The van der Waals surface area contributed by atoms with Gasteiger partial charge < -0.3 is 34.5 Å². The molecule has 1 atom stereocenters. The normalized spacial score (nSPS) is 14.7. The summed E-state index contributed by atoms with van der Waals surface area (Å²) in [5.74, 6) is -0.599. The second-order valence-corrected chi connectivity index (χ2v) is 9.16. The van der Waals surface area contributed by atoms with Gasteiger partial charge in [-0.15, -0.1) is 0 Å². The molecule has 0 spiro atoms. The van der Waals surface area contributed by atoms with Crippen LogP contribution < -0.4 is 20.7 Å². The average molecular weight is 571 g/mol. The Labute approximate surface area is 239 Å². The lowest BCUT2D eigenvalue weighted by atomic mass is 10.0. The third-order valence-corrected chi connectivity index (χ3v) is 6.38.